The third-order valence-corrected chi connectivity index (χ3v) is 5.06. The summed E-state index contributed by atoms with van der Waals surface area (Å²) >= 11 is 0. The van der Waals surface area contributed by atoms with Crippen molar-refractivity contribution in [3.8, 4) is 0 Å². The highest BCUT2D eigenvalue weighted by molar-refractivity contribution is 5.97. The number of carbonyl (C=O) groups excluding carboxylic acids is 1. The van der Waals surface area contributed by atoms with Gasteiger partial charge >= 0.3 is 0 Å². The quantitative estimate of drug-likeness (QED) is 0.871. The lowest BCUT2D eigenvalue weighted by Gasteiger charge is -2.32. The van der Waals surface area contributed by atoms with E-state index in [4.69, 9.17) is 0 Å². The van der Waals surface area contributed by atoms with E-state index >= 15 is 0 Å². The van der Waals surface area contributed by atoms with Crippen LogP contribution in [0.25, 0.3) is 11.0 Å². The van der Waals surface area contributed by atoms with Crippen molar-refractivity contribution in [2.75, 3.05) is 13.1 Å². The van der Waals surface area contributed by atoms with Gasteiger partial charge in [-0.2, -0.15) is 0 Å². The van der Waals surface area contributed by atoms with Crippen molar-refractivity contribution in [1.29, 1.82) is 0 Å². The Kier molecular flexibility index (Phi) is 4.69. The molecule has 5 heteroatoms. The molecule has 128 valence electrons. The summed E-state index contributed by atoms with van der Waals surface area (Å²) in [5.74, 6) is 0.678. The molecule has 1 aromatic carbocycles. The summed E-state index contributed by atoms with van der Waals surface area (Å²) in [5.41, 5.74) is 2.56. The molecule has 1 amide bonds. The number of benzene rings is 1. The third kappa shape index (κ3) is 2.95. The Morgan fingerprint density at radius 1 is 1.33 bits per heavy atom. The summed E-state index contributed by atoms with van der Waals surface area (Å²) in [5, 5.41) is 0. The van der Waals surface area contributed by atoms with Crippen LogP contribution in [-0.4, -0.2) is 33.4 Å². The molecule has 1 atom stereocenters. The fourth-order valence-electron chi connectivity index (χ4n) is 3.59. The van der Waals surface area contributed by atoms with Gasteiger partial charge in [0.05, 0.1) is 11.0 Å². The van der Waals surface area contributed by atoms with E-state index in [1.54, 1.807) is 11.5 Å². The molecule has 0 spiro atoms. The van der Waals surface area contributed by atoms with Gasteiger partial charge in [-0.15, -0.1) is 0 Å². The number of piperidine rings is 1. The average Bonchev–Trinajstić information content (AvgIpc) is 2.62. The lowest BCUT2D eigenvalue weighted by Crippen LogP contribution is -2.39. The fourth-order valence-corrected chi connectivity index (χ4v) is 3.59. The number of hydrogen-bond donors (Lipinski definition) is 0. The molecule has 0 aliphatic carbocycles. The minimum Gasteiger partial charge on any atom is -0.338 e. The second-order valence-corrected chi connectivity index (χ2v) is 6.62. The van der Waals surface area contributed by atoms with Gasteiger partial charge in [0, 0.05) is 25.2 Å². The molecule has 1 saturated heterocycles. The number of rotatable bonds is 3. The molecule has 1 fully saturated rings. The highest BCUT2D eigenvalue weighted by atomic mass is 16.2. The van der Waals surface area contributed by atoms with Crippen molar-refractivity contribution in [2.45, 2.75) is 46.6 Å². The molecule has 2 heterocycles. The summed E-state index contributed by atoms with van der Waals surface area (Å²) in [7, 11) is 0. The standard InChI is InChI=1S/C19H25N3O2/c1-4-14-7-6-10-21(12-14)19(24)15-8-9-17-16(11-15)20-13(3)18(23)22(17)5-2/h8-9,11,14H,4-7,10,12H2,1-3H3/t14-/m1/s1. The van der Waals surface area contributed by atoms with Crippen LogP contribution >= 0.6 is 0 Å². The van der Waals surface area contributed by atoms with Crippen LogP contribution in [0.4, 0.5) is 0 Å². The molecule has 24 heavy (non-hydrogen) atoms. The number of fused-ring (bicyclic) bond motifs is 1. The second-order valence-electron chi connectivity index (χ2n) is 6.62. The Hall–Kier alpha value is -2.17. The fraction of sp³-hybridized carbons (Fsp3) is 0.526. The smallest absolute Gasteiger partial charge is 0.272 e. The van der Waals surface area contributed by atoms with Gasteiger partial charge in [-0.05, 0) is 50.8 Å². The van der Waals surface area contributed by atoms with Crippen molar-refractivity contribution in [2.24, 2.45) is 5.92 Å². The van der Waals surface area contributed by atoms with Gasteiger partial charge in [0.1, 0.15) is 5.69 Å². The first-order chi connectivity index (χ1) is 11.5. The molecular formula is C19H25N3O2. The van der Waals surface area contributed by atoms with Crippen LogP contribution < -0.4 is 5.56 Å². The van der Waals surface area contributed by atoms with Crippen molar-refractivity contribution in [3.05, 3.63) is 39.8 Å². The molecule has 3 rings (SSSR count). The summed E-state index contributed by atoms with van der Waals surface area (Å²) in [6, 6.07) is 5.50. The topological polar surface area (TPSA) is 55.2 Å². The molecule has 1 aromatic heterocycles. The van der Waals surface area contributed by atoms with Gasteiger partial charge in [-0.1, -0.05) is 13.3 Å². The average molecular weight is 327 g/mol. The number of carbonyl (C=O) groups is 1. The Balaban J connectivity index is 1.97. The molecule has 0 radical (unpaired) electrons. The van der Waals surface area contributed by atoms with E-state index < -0.39 is 0 Å². The zero-order valence-electron chi connectivity index (χ0n) is 14.7. The first-order valence-corrected chi connectivity index (χ1v) is 8.85. The Bertz CT molecular complexity index is 825. The zero-order valence-corrected chi connectivity index (χ0v) is 14.7. The molecule has 1 aliphatic heterocycles. The maximum Gasteiger partial charge on any atom is 0.272 e. The minimum atomic E-state index is -0.0640. The number of aromatic nitrogens is 2. The van der Waals surface area contributed by atoms with E-state index in [-0.39, 0.29) is 11.5 Å². The van der Waals surface area contributed by atoms with Crippen molar-refractivity contribution >= 4 is 16.9 Å². The lowest BCUT2D eigenvalue weighted by atomic mass is 9.95. The number of nitrogens with zero attached hydrogens (tertiary/aromatic N) is 3. The van der Waals surface area contributed by atoms with Crippen molar-refractivity contribution < 1.29 is 4.79 Å². The predicted octanol–water partition coefficient (Wildman–Crippen LogP) is 2.99. The van der Waals surface area contributed by atoms with Crippen LogP contribution in [0.1, 0.15) is 49.2 Å². The molecule has 0 N–H and O–H groups in total. The van der Waals surface area contributed by atoms with Gasteiger partial charge < -0.3 is 9.47 Å². The number of hydrogen-bond acceptors (Lipinski definition) is 3. The van der Waals surface area contributed by atoms with Gasteiger partial charge in [-0.25, -0.2) is 4.98 Å². The zero-order chi connectivity index (χ0) is 17.3. The maximum atomic E-state index is 12.8. The lowest BCUT2D eigenvalue weighted by molar-refractivity contribution is 0.0671. The molecular weight excluding hydrogens is 302 g/mol. The Morgan fingerprint density at radius 2 is 2.12 bits per heavy atom. The molecule has 0 unspecified atom stereocenters. The molecule has 0 saturated carbocycles. The van der Waals surface area contributed by atoms with E-state index in [0.29, 0.717) is 29.2 Å². The normalized spacial score (nSPS) is 18.1. The monoisotopic (exact) mass is 327 g/mol. The first-order valence-electron chi connectivity index (χ1n) is 8.85. The van der Waals surface area contributed by atoms with Crippen LogP contribution in [0, 0.1) is 12.8 Å². The molecule has 0 bridgehead atoms. The number of likely N-dealkylation sites (tertiary alicyclic amines) is 1. The highest BCUT2D eigenvalue weighted by Gasteiger charge is 2.23. The first kappa shape index (κ1) is 16.7. The second kappa shape index (κ2) is 6.75. The van der Waals surface area contributed by atoms with Crippen molar-refractivity contribution in [3.63, 3.8) is 0 Å². The summed E-state index contributed by atoms with van der Waals surface area (Å²) < 4.78 is 1.71. The number of aryl methyl sites for hydroxylation is 2. The van der Waals surface area contributed by atoms with Crippen LogP contribution in [0.15, 0.2) is 23.0 Å². The van der Waals surface area contributed by atoms with Crippen LogP contribution in [0.3, 0.4) is 0 Å². The molecule has 1 aliphatic rings. The van der Waals surface area contributed by atoms with Gasteiger partial charge in [0.25, 0.3) is 11.5 Å². The van der Waals surface area contributed by atoms with Gasteiger partial charge in [0.2, 0.25) is 0 Å². The van der Waals surface area contributed by atoms with Crippen LogP contribution in [0.5, 0.6) is 0 Å². The van der Waals surface area contributed by atoms with E-state index in [1.807, 2.05) is 30.0 Å². The van der Waals surface area contributed by atoms with E-state index in [0.717, 1.165) is 31.4 Å². The van der Waals surface area contributed by atoms with Gasteiger partial charge in [0.15, 0.2) is 0 Å². The Morgan fingerprint density at radius 3 is 2.83 bits per heavy atom. The van der Waals surface area contributed by atoms with E-state index in [9.17, 15) is 9.59 Å². The van der Waals surface area contributed by atoms with Crippen LogP contribution in [-0.2, 0) is 6.54 Å². The SMILES string of the molecule is CC[C@@H]1CCCN(C(=O)c2ccc3c(c2)nc(C)c(=O)n3CC)C1. The van der Waals surface area contributed by atoms with E-state index in [2.05, 4.69) is 11.9 Å². The summed E-state index contributed by atoms with van der Waals surface area (Å²) in [6.07, 6.45) is 3.40. The highest BCUT2D eigenvalue weighted by Crippen LogP contribution is 2.22. The Labute approximate surface area is 142 Å². The third-order valence-electron chi connectivity index (χ3n) is 5.06. The summed E-state index contributed by atoms with van der Waals surface area (Å²) in [6.45, 7) is 8.11. The number of amides is 1. The predicted molar refractivity (Wildman–Crippen MR) is 95.3 cm³/mol. The van der Waals surface area contributed by atoms with Crippen molar-refractivity contribution in [1.82, 2.24) is 14.5 Å². The minimum absolute atomic E-state index is 0.0640. The maximum absolute atomic E-state index is 12.8. The van der Waals surface area contributed by atoms with Crippen LogP contribution in [0.2, 0.25) is 0 Å². The van der Waals surface area contributed by atoms with Gasteiger partial charge in [-0.3, -0.25) is 9.59 Å². The molecule has 5 nitrogen and oxygen atoms in total. The van der Waals surface area contributed by atoms with E-state index in [1.165, 1.54) is 6.42 Å². The largest absolute Gasteiger partial charge is 0.338 e. The molecule has 2 aromatic rings. The summed E-state index contributed by atoms with van der Waals surface area (Å²) in [4.78, 5) is 31.4.